The van der Waals surface area contributed by atoms with E-state index in [1.807, 2.05) is 67.8 Å². The van der Waals surface area contributed by atoms with Gasteiger partial charge in [0.25, 0.3) is 0 Å². The van der Waals surface area contributed by atoms with E-state index in [0.29, 0.717) is 123 Å². The van der Waals surface area contributed by atoms with Gasteiger partial charge in [-0.1, -0.05) is 116 Å². The van der Waals surface area contributed by atoms with Gasteiger partial charge in [-0.25, -0.2) is 0 Å². The molecule has 1 aromatic heterocycles. The number of nitrogens with one attached hydrogen (secondary N) is 5. The first kappa shape index (κ1) is 70.7. The van der Waals surface area contributed by atoms with E-state index in [9.17, 15) is 45.6 Å². The van der Waals surface area contributed by atoms with E-state index in [4.69, 9.17) is 4.74 Å². The van der Waals surface area contributed by atoms with Crippen molar-refractivity contribution in [2.45, 2.75) is 152 Å². The maximum absolute atomic E-state index is 16.1. The van der Waals surface area contributed by atoms with Gasteiger partial charge in [0.1, 0.15) is 17.3 Å². The number of methoxy groups -OCH3 is 1. The van der Waals surface area contributed by atoms with E-state index in [1.54, 1.807) is 24.3 Å². The normalized spacial score (nSPS) is 31.3. The number of aromatic nitrogens is 1. The fraction of sp³-hybridized carbons (Fsp3) is 0.488. The lowest BCUT2D eigenvalue weighted by atomic mass is 9.63. The van der Waals surface area contributed by atoms with Crippen LogP contribution in [0.2, 0.25) is 0 Å². The second-order valence-corrected chi connectivity index (χ2v) is 31.0. The first-order valence-corrected chi connectivity index (χ1v) is 37.4. The average Bonchev–Trinajstić information content (AvgIpc) is 1.18. The number of benzene rings is 5. The van der Waals surface area contributed by atoms with Crippen molar-refractivity contribution in [2.75, 3.05) is 45.7 Å². The number of aromatic hydroxyl groups is 3. The summed E-state index contributed by atoms with van der Waals surface area (Å²) in [5.74, 6) is 17.4. The van der Waals surface area contributed by atoms with Crippen molar-refractivity contribution in [1.82, 2.24) is 20.9 Å². The van der Waals surface area contributed by atoms with Crippen molar-refractivity contribution in [3.8, 4) is 58.5 Å². The van der Waals surface area contributed by atoms with Crippen molar-refractivity contribution in [1.29, 1.82) is 0 Å². The van der Waals surface area contributed by atoms with Gasteiger partial charge in [0.2, 0.25) is 0 Å². The summed E-state index contributed by atoms with van der Waals surface area (Å²) in [6, 6.07) is 30.6. The van der Waals surface area contributed by atoms with Gasteiger partial charge >= 0.3 is 0 Å². The molecule has 5 aromatic carbocycles. The molecule has 8 aliphatic rings. The molecule has 2 aliphatic heterocycles. The number of phenols is 3. The summed E-state index contributed by atoms with van der Waals surface area (Å²) in [4.78, 5) is 34.6. The van der Waals surface area contributed by atoms with E-state index < -0.39 is 83.5 Å². The summed E-state index contributed by atoms with van der Waals surface area (Å²) in [5.41, 5.74) is 8.80. The van der Waals surface area contributed by atoms with E-state index in [2.05, 4.69) is 93.0 Å². The fourth-order valence-electron chi connectivity index (χ4n) is 19.4. The Balaban J connectivity index is 1.04. The van der Waals surface area contributed by atoms with Crippen molar-refractivity contribution >= 4 is 28.0 Å². The summed E-state index contributed by atoms with van der Waals surface area (Å²) in [5, 5.41) is 112. The average molecular weight is 1380 g/mol. The summed E-state index contributed by atoms with van der Waals surface area (Å²) in [7, 11) is 3.40. The number of β-amino-alcohol motifs (C(OH)–C–C–N with tert-alkyl or cyclic N) is 1. The van der Waals surface area contributed by atoms with Crippen molar-refractivity contribution in [2.24, 2.45) is 71.0 Å². The number of H-pyrrole nitrogens is 1. The van der Waals surface area contributed by atoms with Crippen LogP contribution in [0.5, 0.6) is 23.0 Å². The Hall–Kier alpha value is -8.34. The van der Waals surface area contributed by atoms with Gasteiger partial charge < -0.3 is 71.8 Å². The number of anilines is 1. The number of aliphatic hydroxyl groups excluding tert-OH is 4. The molecule has 6 aromatic rings. The number of carbonyl (C=O) groups excluding carboxylic acids is 2. The lowest BCUT2D eigenvalue weighted by Gasteiger charge is -2.42. The highest BCUT2D eigenvalue weighted by Gasteiger charge is 2.49. The molecule has 17 bridgehead atoms. The van der Waals surface area contributed by atoms with Crippen molar-refractivity contribution in [3.05, 3.63) is 171 Å². The molecule has 16 heteroatoms. The minimum atomic E-state index is -1.97. The molecule has 0 saturated heterocycles. The lowest BCUT2D eigenvalue weighted by molar-refractivity contribution is -0.142. The lowest BCUT2D eigenvalue weighted by Crippen LogP contribution is -2.40. The number of hydrogen-bond donors (Lipinski definition) is 13. The van der Waals surface area contributed by atoms with Crippen LogP contribution in [-0.4, -0.2) is 122 Å². The molecule has 102 heavy (non-hydrogen) atoms. The molecule has 14 rings (SSSR count). The second kappa shape index (κ2) is 30.9. The van der Waals surface area contributed by atoms with Crippen LogP contribution in [-0.2, 0) is 35.3 Å². The number of fused-ring (bicyclic) bond motifs is 14. The molecule has 0 unspecified atom stereocenters. The zero-order valence-corrected chi connectivity index (χ0v) is 58.8. The third-order valence-corrected chi connectivity index (χ3v) is 24.6. The molecule has 6 aliphatic carbocycles. The number of aliphatic hydroxyl groups is 5. The molecule has 3 saturated carbocycles. The van der Waals surface area contributed by atoms with Crippen LogP contribution in [0.3, 0.4) is 0 Å². The summed E-state index contributed by atoms with van der Waals surface area (Å²) < 4.78 is 5.75. The van der Waals surface area contributed by atoms with Crippen LogP contribution in [0.4, 0.5) is 5.69 Å². The number of aryl methyl sites for hydroxylation is 1. The van der Waals surface area contributed by atoms with Crippen molar-refractivity contribution < 1.29 is 55.2 Å². The zero-order valence-electron chi connectivity index (χ0n) is 58.8. The number of aromatic amines is 1. The number of hydrogen-bond acceptors (Lipinski definition) is 15. The summed E-state index contributed by atoms with van der Waals surface area (Å²) in [6.07, 6.45) is 6.83. The maximum Gasteiger partial charge on any atom is 0.173 e. The van der Waals surface area contributed by atoms with E-state index in [1.165, 1.54) is 7.11 Å². The molecule has 13 N–H and O–H groups in total. The van der Waals surface area contributed by atoms with Crippen LogP contribution < -0.4 is 26.0 Å². The summed E-state index contributed by atoms with van der Waals surface area (Å²) >= 11 is 0. The van der Waals surface area contributed by atoms with Gasteiger partial charge in [0, 0.05) is 110 Å². The van der Waals surface area contributed by atoms with E-state index in [-0.39, 0.29) is 78.3 Å². The zero-order chi connectivity index (χ0) is 70.9. The fourth-order valence-corrected chi connectivity index (χ4v) is 19.4. The molecule has 3 heterocycles. The number of carbonyl (C=O) groups is 2. The topological polar surface area (TPSA) is 269 Å². The Morgan fingerprint density at radius 1 is 0.745 bits per heavy atom. The second-order valence-electron chi connectivity index (χ2n) is 31.0. The molecule has 18 atom stereocenters. The Labute approximate surface area is 599 Å². The standard InChI is InChI=1S/C86H99N5O11/c1-48-44-88-47-65(93)37-56-19-17-52-21-24-62(41-75(52)82(56)97)91-85-71-13-7-8-49-14-15-50(30-49)16-25-67(78(95)42-63-36-61(48)46-90-63)59-35-60-34-54-22-26-69(73-43-79(96)80(102-3)40-55(73)23-27-77(94)84(99)83(98)74(54)38-59)68-12-5-4-11-66(68)58-33-53(18-20-57(45-87-2)81(60)70(71)28-29-89-85)72(76(39-58)86(100)101)32-51-9-6-10-64(92)31-51/h4-6,9-12,17,19,21,24,28,31,36,40-41,43,46,48-50,53-54,57-60,65,67,69,72,74,76,78,81,84,86-93,95-97,99-101H,8,14-16,23,25,27,29-30,32-35,37-39,42,44-45,47H2,1-3H3/t48-,49+,50-,53-,54+,57+,58+,59-,60+,65-,67-,69+,72+,74+,76-,78-,81+,84+/m0/s1. The van der Waals surface area contributed by atoms with Gasteiger partial charge in [-0.15, -0.1) is 0 Å². The van der Waals surface area contributed by atoms with E-state index >= 15 is 4.79 Å². The smallest absolute Gasteiger partial charge is 0.173 e. The van der Waals surface area contributed by atoms with Crippen molar-refractivity contribution in [3.63, 3.8) is 0 Å². The highest BCUT2D eigenvalue weighted by molar-refractivity contribution is 6.06. The summed E-state index contributed by atoms with van der Waals surface area (Å²) in [6.45, 7) is 3.77. The Bertz CT molecular complexity index is 4370. The number of rotatable bonds is 6. The van der Waals surface area contributed by atoms with Gasteiger partial charge in [0.15, 0.2) is 35.5 Å². The third kappa shape index (κ3) is 15.1. The van der Waals surface area contributed by atoms with E-state index in [0.717, 1.165) is 70.2 Å². The van der Waals surface area contributed by atoms with Gasteiger partial charge in [-0.3, -0.25) is 9.59 Å². The minimum Gasteiger partial charge on any atom is -0.508 e. The first-order valence-electron chi connectivity index (χ1n) is 37.4. The van der Waals surface area contributed by atoms with Crippen LogP contribution in [0, 0.1) is 107 Å². The Morgan fingerprint density at radius 3 is 2.38 bits per heavy atom. The molecule has 534 valence electrons. The highest BCUT2D eigenvalue weighted by atomic mass is 16.5. The molecule has 16 nitrogen and oxygen atoms in total. The number of dihydropyridines is 1. The number of ketones is 2. The molecule has 0 amide bonds. The molecule has 0 spiro atoms. The Kier molecular flexibility index (Phi) is 21.4. The molecular formula is C86H99N5O11. The first-order chi connectivity index (χ1) is 49.4. The minimum absolute atomic E-state index is 0.0253. The molecular weight excluding hydrogens is 1280 g/mol. The molecule has 3 fully saturated rings. The largest absolute Gasteiger partial charge is 0.508 e. The Morgan fingerprint density at radius 2 is 1.56 bits per heavy atom. The number of Topliss-reactive ketones (excluding diaryl/α,β-unsaturated/α-hetero) is 2. The maximum atomic E-state index is 16.1. The third-order valence-electron chi connectivity index (χ3n) is 24.6. The van der Waals surface area contributed by atoms with Gasteiger partial charge in [-0.05, 0) is 211 Å². The quantitative estimate of drug-likeness (QED) is 0.0420. The molecule has 0 radical (unpaired) electrons. The van der Waals surface area contributed by atoms with Crippen LogP contribution in [0.15, 0.2) is 126 Å². The predicted molar refractivity (Wildman–Crippen MR) is 394 cm³/mol. The SMILES string of the molecule is CNC[C@H]1C#C[C@H]2C[C@H](C[C@H](C(O)O)[C@@H]2Cc2cccc(O)c2)c2ccccc2[C@H]2C#C[C@@H]3C[C@@H]4C[C@@H](C[C@H]3C(=O)[C@H](O)C(=O)CCc3cc(OC)c(O)cc32)[C@@H]2CC[C@@H]3CC[C@@H](CC#CC5=C(NCC=C5[C@@H]41)Nc1ccc4ccc(c(O)c4c1)C[C@H](O)CNC[C@H](C)c1c[nH]c(c1)C[C@@H]2O)C3. The monoisotopic (exact) mass is 1380 g/mol. The van der Waals surface area contributed by atoms with Gasteiger partial charge in [0.05, 0.1) is 30.8 Å². The van der Waals surface area contributed by atoms with Crippen LogP contribution >= 0.6 is 0 Å². The van der Waals surface area contributed by atoms with Gasteiger partial charge in [-0.2, -0.15) is 0 Å². The highest BCUT2D eigenvalue weighted by Crippen LogP contribution is 2.53. The number of ether oxygens (including phenoxy) is 1. The number of phenolic OH excluding ortho intramolecular Hbond substituents is 3. The van der Waals surface area contributed by atoms with Crippen LogP contribution in [0.25, 0.3) is 10.8 Å². The van der Waals surface area contributed by atoms with Crippen LogP contribution in [0.1, 0.15) is 146 Å². The number of allylic oxidation sites excluding steroid dienone is 2. The predicted octanol–water partition coefficient (Wildman–Crippen LogP) is 10.6.